The lowest BCUT2D eigenvalue weighted by molar-refractivity contribution is 0.0525. The lowest BCUT2D eigenvalue weighted by Crippen LogP contribution is -2.23. The normalized spacial score (nSPS) is 13.9. The highest BCUT2D eigenvalue weighted by Crippen LogP contribution is 2.25. The predicted molar refractivity (Wildman–Crippen MR) is 62.9 cm³/mol. The fourth-order valence-corrected chi connectivity index (χ4v) is 2.66. The maximum Gasteiger partial charge on any atom is 0.339 e. The summed E-state index contributed by atoms with van der Waals surface area (Å²) in [5, 5.41) is 5.18. The number of carbonyl (C=O) groups is 1. The van der Waals surface area contributed by atoms with E-state index in [2.05, 4.69) is 5.32 Å². The van der Waals surface area contributed by atoms with Crippen molar-refractivity contribution in [2.24, 2.45) is 0 Å². The fraction of sp³-hybridized carbons (Fsp3) is 0.500. The van der Waals surface area contributed by atoms with Crippen LogP contribution in [0.15, 0.2) is 5.38 Å². The van der Waals surface area contributed by atoms with Crippen molar-refractivity contribution >= 4 is 29.7 Å². The minimum atomic E-state index is -0.186. The smallest absolute Gasteiger partial charge is 0.339 e. The zero-order valence-electron chi connectivity index (χ0n) is 8.54. The maximum atomic E-state index is 11.5. The summed E-state index contributed by atoms with van der Waals surface area (Å²) in [6, 6.07) is 0. The van der Waals surface area contributed by atoms with E-state index in [1.165, 1.54) is 4.88 Å². The molecule has 2 rings (SSSR count). The van der Waals surface area contributed by atoms with Crippen LogP contribution in [0.2, 0.25) is 0 Å². The first-order valence-corrected chi connectivity index (χ1v) is 5.68. The van der Waals surface area contributed by atoms with Gasteiger partial charge in [0.25, 0.3) is 0 Å². The molecule has 5 heteroatoms. The van der Waals surface area contributed by atoms with Gasteiger partial charge in [0.05, 0.1) is 12.2 Å². The Morgan fingerprint density at radius 1 is 1.67 bits per heavy atom. The summed E-state index contributed by atoms with van der Waals surface area (Å²) in [5.74, 6) is -0.186. The summed E-state index contributed by atoms with van der Waals surface area (Å²) in [4.78, 5) is 12.9. The molecule has 84 valence electrons. The van der Waals surface area contributed by atoms with Gasteiger partial charge in [-0.1, -0.05) is 0 Å². The van der Waals surface area contributed by atoms with E-state index in [-0.39, 0.29) is 18.4 Å². The highest BCUT2D eigenvalue weighted by atomic mass is 35.5. The summed E-state index contributed by atoms with van der Waals surface area (Å²) in [7, 11) is 0. The van der Waals surface area contributed by atoms with Crippen LogP contribution in [0, 0.1) is 0 Å². The number of esters is 1. The second-order valence-corrected chi connectivity index (χ2v) is 4.16. The Labute approximate surface area is 99.2 Å². The largest absolute Gasteiger partial charge is 0.462 e. The first-order chi connectivity index (χ1) is 6.83. The van der Waals surface area contributed by atoms with Crippen molar-refractivity contribution in [2.45, 2.75) is 19.9 Å². The van der Waals surface area contributed by atoms with E-state index in [4.69, 9.17) is 4.74 Å². The summed E-state index contributed by atoms with van der Waals surface area (Å²) in [5.41, 5.74) is 1.89. The van der Waals surface area contributed by atoms with Crippen molar-refractivity contribution in [1.82, 2.24) is 5.32 Å². The summed E-state index contributed by atoms with van der Waals surface area (Å²) < 4.78 is 4.99. The Morgan fingerprint density at radius 2 is 2.47 bits per heavy atom. The minimum Gasteiger partial charge on any atom is -0.462 e. The lowest BCUT2D eigenvalue weighted by Gasteiger charge is -2.13. The average molecular weight is 248 g/mol. The Balaban J connectivity index is 0.00000112. The molecule has 1 aliphatic rings. The third kappa shape index (κ3) is 2.51. The number of nitrogens with one attached hydrogen (secondary N) is 1. The van der Waals surface area contributed by atoms with E-state index in [1.54, 1.807) is 11.3 Å². The molecule has 0 aromatic carbocycles. The van der Waals surface area contributed by atoms with Gasteiger partial charge in [0, 0.05) is 23.3 Å². The number of hydrogen-bond acceptors (Lipinski definition) is 4. The number of thiophene rings is 1. The van der Waals surface area contributed by atoms with Gasteiger partial charge in [0.1, 0.15) is 0 Å². The first-order valence-electron chi connectivity index (χ1n) is 4.80. The number of carbonyl (C=O) groups excluding carboxylic acids is 1. The molecular formula is C10H14ClNO2S. The molecule has 1 aromatic rings. The topological polar surface area (TPSA) is 38.3 Å². The Hall–Kier alpha value is -0.580. The van der Waals surface area contributed by atoms with E-state index in [9.17, 15) is 4.79 Å². The van der Waals surface area contributed by atoms with Crippen molar-refractivity contribution in [2.75, 3.05) is 13.2 Å². The van der Waals surface area contributed by atoms with Gasteiger partial charge in [-0.15, -0.1) is 23.7 Å². The first kappa shape index (κ1) is 12.5. The van der Waals surface area contributed by atoms with E-state index >= 15 is 0 Å². The highest BCUT2D eigenvalue weighted by molar-refractivity contribution is 7.10. The van der Waals surface area contributed by atoms with Crippen molar-refractivity contribution in [3.63, 3.8) is 0 Å². The van der Waals surface area contributed by atoms with Crippen molar-refractivity contribution in [3.05, 3.63) is 21.4 Å². The Morgan fingerprint density at radius 3 is 3.20 bits per heavy atom. The molecule has 0 aliphatic carbocycles. The quantitative estimate of drug-likeness (QED) is 0.813. The van der Waals surface area contributed by atoms with Gasteiger partial charge in [-0.3, -0.25) is 0 Å². The predicted octanol–water partition coefficient (Wildman–Crippen LogP) is 1.99. The second-order valence-electron chi connectivity index (χ2n) is 3.20. The second kappa shape index (κ2) is 5.49. The molecule has 1 N–H and O–H groups in total. The Kier molecular flexibility index (Phi) is 4.57. The molecule has 0 amide bonds. The number of halogens is 1. The SMILES string of the molecule is CCOC(=O)c1csc2c1CNCC2.Cl. The monoisotopic (exact) mass is 247 g/mol. The molecule has 1 aromatic heterocycles. The van der Waals surface area contributed by atoms with Crippen LogP contribution in [0.4, 0.5) is 0 Å². The van der Waals surface area contributed by atoms with Gasteiger partial charge in [-0.25, -0.2) is 4.79 Å². The zero-order chi connectivity index (χ0) is 9.97. The molecule has 0 fully saturated rings. The van der Waals surface area contributed by atoms with Crippen LogP contribution in [0.3, 0.4) is 0 Å². The van der Waals surface area contributed by atoms with Crippen LogP contribution in [-0.2, 0) is 17.7 Å². The third-order valence-electron chi connectivity index (χ3n) is 2.31. The van der Waals surface area contributed by atoms with Crippen molar-refractivity contribution in [1.29, 1.82) is 0 Å². The summed E-state index contributed by atoms with van der Waals surface area (Å²) >= 11 is 1.67. The van der Waals surface area contributed by atoms with Crippen LogP contribution in [0.5, 0.6) is 0 Å². The van der Waals surface area contributed by atoms with Gasteiger partial charge in [0.2, 0.25) is 0 Å². The summed E-state index contributed by atoms with van der Waals surface area (Å²) in [6.45, 7) is 4.08. The van der Waals surface area contributed by atoms with Crippen LogP contribution >= 0.6 is 23.7 Å². The average Bonchev–Trinajstić information content (AvgIpc) is 2.61. The maximum absolute atomic E-state index is 11.5. The molecule has 0 radical (unpaired) electrons. The summed E-state index contributed by atoms with van der Waals surface area (Å²) in [6.07, 6.45) is 1.03. The van der Waals surface area contributed by atoms with Crippen LogP contribution in [0.1, 0.15) is 27.7 Å². The fourth-order valence-electron chi connectivity index (χ4n) is 1.62. The number of fused-ring (bicyclic) bond motifs is 1. The number of rotatable bonds is 2. The standard InChI is InChI=1S/C10H13NO2S.ClH/c1-2-13-10(12)8-6-14-9-3-4-11-5-7(8)9;/h6,11H,2-5H2,1H3;1H. The molecule has 0 unspecified atom stereocenters. The molecular weight excluding hydrogens is 234 g/mol. The zero-order valence-corrected chi connectivity index (χ0v) is 10.2. The molecule has 1 aliphatic heterocycles. The molecule has 0 saturated heterocycles. The van der Waals surface area contributed by atoms with Crippen molar-refractivity contribution < 1.29 is 9.53 Å². The molecule has 0 saturated carbocycles. The molecule has 0 bridgehead atoms. The van der Waals surface area contributed by atoms with E-state index in [1.807, 2.05) is 12.3 Å². The number of hydrogen-bond donors (Lipinski definition) is 1. The highest BCUT2D eigenvalue weighted by Gasteiger charge is 2.20. The third-order valence-corrected chi connectivity index (χ3v) is 3.40. The Bertz CT molecular complexity index is 351. The van der Waals surface area contributed by atoms with Crippen LogP contribution < -0.4 is 5.32 Å². The molecule has 0 spiro atoms. The van der Waals surface area contributed by atoms with Crippen LogP contribution in [-0.4, -0.2) is 19.1 Å². The van der Waals surface area contributed by atoms with Crippen LogP contribution in [0.25, 0.3) is 0 Å². The number of ether oxygens (including phenoxy) is 1. The van der Waals surface area contributed by atoms with Gasteiger partial charge in [0.15, 0.2) is 0 Å². The van der Waals surface area contributed by atoms with Gasteiger partial charge in [-0.2, -0.15) is 0 Å². The van der Waals surface area contributed by atoms with E-state index in [0.717, 1.165) is 30.6 Å². The molecule has 2 heterocycles. The minimum absolute atomic E-state index is 0. The van der Waals surface area contributed by atoms with Crippen molar-refractivity contribution in [3.8, 4) is 0 Å². The lowest BCUT2D eigenvalue weighted by atomic mass is 10.1. The van der Waals surface area contributed by atoms with E-state index in [0.29, 0.717) is 6.61 Å². The molecule has 15 heavy (non-hydrogen) atoms. The van der Waals surface area contributed by atoms with E-state index < -0.39 is 0 Å². The van der Waals surface area contributed by atoms with Gasteiger partial charge >= 0.3 is 5.97 Å². The van der Waals surface area contributed by atoms with Gasteiger partial charge in [-0.05, 0) is 18.9 Å². The molecule has 0 atom stereocenters. The van der Waals surface area contributed by atoms with Gasteiger partial charge < -0.3 is 10.1 Å². The molecule has 3 nitrogen and oxygen atoms in total.